The summed E-state index contributed by atoms with van der Waals surface area (Å²) in [6.07, 6.45) is 2.68. The lowest BCUT2D eigenvalue weighted by Gasteiger charge is -2.34. The lowest BCUT2D eigenvalue weighted by atomic mass is 10.1. The Labute approximate surface area is 111 Å². The Hall–Kier alpha value is -1.82. The number of carbonyl (C=O) groups is 2. The van der Waals surface area contributed by atoms with E-state index >= 15 is 0 Å². The van der Waals surface area contributed by atoms with E-state index in [-0.39, 0.29) is 24.8 Å². The first-order valence-electron chi connectivity index (χ1n) is 6.43. The van der Waals surface area contributed by atoms with Crippen molar-refractivity contribution in [2.75, 3.05) is 19.7 Å². The molecule has 0 aromatic carbocycles. The molecule has 104 valence electrons. The van der Waals surface area contributed by atoms with Gasteiger partial charge in [0.15, 0.2) is 0 Å². The Balaban J connectivity index is 1.93. The maximum atomic E-state index is 12.1. The zero-order valence-electron chi connectivity index (χ0n) is 10.7. The number of nitrogens with one attached hydrogen (secondary N) is 1. The third-order valence-electron chi connectivity index (χ3n) is 3.22. The summed E-state index contributed by atoms with van der Waals surface area (Å²) < 4.78 is 5.18. The van der Waals surface area contributed by atoms with Crippen LogP contribution in [0.2, 0.25) is 0 Å². The second-order valence-electron chi connectivity index (χ2n) is 4.49. The summed E-state index contributed by atoms with van der Waals surface area (Å²) in [7, 11) is 0. The van der Waals surface area contributed by atoms with Crippen LogP contribution in [-0.4, -0.2) is 47.6 Å². The first-order chi connectivity index (χ1) is 9.22. The molecule has 1 aliphatic heterocycles. The van der Waals surface area contributed by atoms with Crippen molar-refractivity contribution in [2.24, 2.45) is 0 Å². The fraction of sp³-hybridized carbons (Fsp3) is 0.538. The van der Waals surface area contributed by atoms with Crippen LogP contribution in [0.1, 0.15) is 18.6 Å². The summed E-state index contributed by atoms with van der Waals surface area (Å²) in [5, 5.41) is 11.7. The molecule has 6 nitrogen and oxygen atoms in total. The fourth-order valence-electron chi connectivity index (χ4n) is 2.25. The van der Waals surface area contributed by atoms with Crippen molar-refractivity contribution in [1.82, 2.24) is 10.2 Å². The zero-order valence-corrected chi connectivity index (χ0v) is 10.7. The predicted octanol–water partition coefficient (Wildman–Crippen LogP) is -0.0784. The summed E-state index contributed by atoms with van der Waals surface area (Å²) in [5.74, 6) is 0.491. The number of hydrogen-bond acceptors (Lipinski definition) is 4. The van der Waals surface area contributed by atoms with E-state index in [1.54, 1.807) is 17.2 Å². The van der Waals surface area contributed by atoms with E-state index in [0.717, 1.165) is 5.76 Å². The third kappa shape index (κ3) is 3.35. The van der Waals surface area contributed by atoms with Crippen LogP contribution in [0.25, 0.3) is 0 Å². The van der Waals surface area contributed by atoms with Crippen molar-refractivity contribution in [1.29, 1.82) is 0 Å². The van der Waals surface area contributed by atoms with Gasteiger partial charge in [0.2, 0.25) is 11.8 Å². The highest BCUT2D eigenvalue weighted by atomic mass is 16.3. The number of amides is 2. The van der Waals surface area contributed by atoms with Crippen molar-refractivity contribution in [3.8, 4) is 0 Å². The number of aliphatic hydroxyl groups is 1. The van der Waals surface area contributed by atoms with Gasteiger partial charge < -0.3 is 19.7 Å². The van der Waals surface area contributed by atoms with Gasteiger partial charge in [0.05, 0.1) is 6.26 Å². The van der Waals surface area contributed by atoms with Gasteiger partial charge in [-0.3, -0.25) is 9.59 Å². The molecule has 0 bridgehead atoms. The predicted molar refractivity (Wildman–Crippen MR) is 67.2 cm³/mol. The maximum Gasteiger partial charge on any atom is 0.242 e. The summed E-state index contributed by atoms with van der Waals surface area (Å²) in [6.45, 7) is 0.848. The van der Waals surface area contributed by atoms with Gasteiger partial charge in [0, 0.05) is 32.5 Å². The zero-order chi connectivity index (χ0) is 13.7. The van der Waals surface area contributed by atoms with Gasteiger partial charge in [0.1, 0.15) is 11.8 Å². The molecule has 19 heavy (non-hydrogen) atoms. The number of carbonyl (C=O) groups excluding carboxylic acids is 2. The largest absolute Gasteiger partial charge is 0.469 e. The van der Waals surface area contributed by atoms with Crippen molar-refractivity contribution < 1.29 is 19.1 Å². The standard InChI is InChI=1S/C13H18N2O4/c16-8-5-11-13(18)14-6-7-15(11)12(17)4-3-10-2-1-9-19-10/h1-2,9,11,16H,3-8H2,(H,14,18). The second-order valence-corrected chi connectivity index (χ2v) is 4.49. The van der Waals surface area contributed by atoms with Crippen LogP contribution in [0.3, 0.4) is 0 Å². The van der Waals surface area contributed by atoms with E-state index in [2.05, 4.69) is 5.32 Å². The Morgan fingerprint density at radius 1 is 1.58 bits per heavy atom. The van der Waals surface area contributed by atoms with Crippen molar-refractivity contribution >= 4 is 11.8 Å². The molecule has 6 heteroatoms. The highest BCUT2D eigenvalue weighted by Gasteiger charge is 2.32. The molecule has 1 unspecified atom stereocenters. The van der Waals surface area contributed by atoms with Crippen LogP contribution in [0.15, 0.2) is 22.8 Å². The van der Waals surface area contributed by atoms with Crippen molar-refractivity contribution in [3.05, 3.63) is 24.2 Å². The van der Waals surface area contributed by atoms with Gasteiger partial charge in [-0.2, -0.15) is 0 Å². The summed E-state index contributed by atoms with van der Waals surface area (Å²) in [5.41, 5.74) is 0. The van der Waals surface area contributed by atoms with E-state index in [4.69, 9.17) is 9.52 Å². The normalized spacial score (nSPS) is 19.3. The molecule has 2 heterocycles. The van der Waals surface area contributed by atoms with Gasteiger partial charge in [-0.1, -0.05) is 0 Å². The molecule has 0 radical (unpaired) electrons. The molecular weight excluding hydrogens is 248 g/mol. The van der Waals surface area contributed by atoms with Crippen LogP contribution in [0.5, 0.6) is 0 Å². The summed E-state index contributed by atoms with van der Waals surface area (Å²) in [4.78, 5) is 25.4. The van der Waals surface area contributed by atoms with Crippen LogP contribution in [0, 0.1) is 0 Å². The number of aryl methyl sites for hydroxylation is 1. The topological polar surface area (TPSA) is 82.8 Å². The number of nitrogens with zero attached hydrogens (tertiary/aromatic N) is 1. The van der Waals surface area contributed by atoms with Crippen LogP contribution < -0.4 is 5.32 Å². The first kappa shape index (κ1) is 13.6. The highest BCUT2D eigenvalue weighted by Crippen LogP contribution is 2.12. The fourth-order valence-corrected chi connectivity index (χ4v) is 2.25. The molecule has 2 N–H and O–H groups in total. The van der Waals surface area contributed by atoms with E-state index in [0.29, 0.717) is 25.9 Å². The lowest BCUT2D eigenvalue weighted by molar-refractivity contribution is -0.143. The average molecular weight is 266 g/mol. The average Bonchev–Trinajstić information content (AvgIpc) is 2.92. The van der Waals surface area contributed by atoms with Gasteiger partial charge in [0.25, 0.3) is 0 Å². The molecule has 1 aromatic heterocycles. The molecular formula is C13H18N2O4. The Bertz CT molecular complexity index is 430. The molecule has 0 spiro atoms. The maximum absolute atomic E-state index is 12.1. The minimum atomic E-state index is -0.553. The monoisotopic (exact) mass is 266 g/mol. The quantitative estimate of drug-likeness (QED) is 0.781. The van der Waals surface area contributed by atoms with Crippen LogP contribution >= 0.6 is 0 Å². The van der Waals surface area contributed by atoms with E-state index in [1.807, 2.05) is 6.07 Å². The number of furan rings is 1. The summed E-state index contributed by atoms with van der Waals surface area (Å²) in [6, 6.07) is 3.05. The smallest absolute Gasteiger partial charge is 0.242 e. The van der Waals surface area contributed by atoms with E-state index in [9.17, 15) is 9.59 Å². The minimum absolute atomic E-state index is 0.0790. The van der Waals surface area contributed by atoms with Gasteiger partial charge >= 0.3 is 0 Å². The van der Waals surface area contributed by atoms with E-state index in [1.165, 1.54) is 0 Å². The number of hydrogen-bond donors (Lipinski definition) is 2. The molecule has 0 aliphatic carbocycles. The number of piperazine rings is 1. The molecule has 1 saturated heterocycles. The Morgan fingerprint density at radius 3 is 3.11 bits per heavy atom. The number of rotatable bonds is 5. The molecule has 1 aromatic rings. The molecule has 1 aliphatic rings. The van der Waals surface area contributed by atoms with E-state index < -0.39 is 6.04 Å². The summed E-state index contributed by atoms with van der Waals surface area (Å²) >= 11 is 0. The van der Waals surface area contributed by atoms with Crippen LogP contribution in [-0.2, 0) is 16.0 Å². The molecule has 1 fully saturated rings. The van der Waals surface area contributed by atoms with Gasteiger partial charge in [-0.25, -0.2) is 0 Å². The van der Waals surface area contributed by atoms with Crippen molar-refractivity contribution in [2.45, 2.75) is 25.3 Å². The lowest BCUT2D eigenvalue weighted by Crippen LogP contribution is -2.57. The second kappa shape index (κ2) is 6.38. The molecule has 2 rings (SSSR count). The van der Waals surface area contributed by atoms with Gasteiger partial charge in [-0.15, -0.1) is 0 Å². The van der Waals surface area contributed by atoms with Crippen molar-refractivity contribution in [3.63, 3.8) is 0 Å². The Kier molecular flexibility index (Phi) is 4.57. The Morgan fingerprint density at radius 2 is 2.42 bits per heavy atom. The highest BCUT2D eigenvalue weighted by molar-refractivity contribution is 5.88. The third-order valence-corrected chi connectivity index (χ3v) is 3.22. The SMILES string of the molecule is O=C1NCCN(C(=O)CCc2ccco2)C1CCO. The molecule has 1 atom stereocenters. The molecule has 0 saturated carbocycles. The van der Waals surface area contributed by atoms with Gasteiger partial charge in [-0.05, 0) is 18.6 Å². The van der Waals surface area contributed by atoms with Crippen LogP contribution in [0.4, 0.5) is 0 Å². The first-order valence-corrected chi connectivity index (χ1v) is 6.43. The number of aliphatic hydroxyl groups excluding tert-OH is 1. The minimum Gasteiger partial charge on any atom is -0.469 e. The molecule has 2 amide bonds.